The third-order valence-electron chi connectivity index (χ3n) is 4.66. The zero-order valence-corrected chi connectivity index (χ0v) is 14.4. The first-order valence-electron chi connectivity index (χ1n) is 8.04. The first kappa shape index (κ1) is 17.1. The van der Waals surface area contributed by atoms with Crippen molar-refractivity contribution < 1.29 is 18.7 Å². The van der Waals surface area contributed by atoms with Crippen LogP contribution in [0.5, 0.6) is 0 Å². The summed E-state index contributed by atoms with van der Waals surface area (Å²) in [5, 5.41) is 4.18. The molecule has 0 aliphatic carbocycles. The molecule has 25 heavy (non-hydrogen) atoms. The Balaban J connectivity index is 1.92. The van der Waals surface area contributed by atoms with Crippen LogP contribution in [-0.4, -0.2) is 46.8 Å². The summed E-state index contributed by atoms with van der Waals surface area (Å²) in [5.74, 6) is -2.06. The highest BCUT2D eigenvalue weighted by Gasteiger charge is 2.42. The van der Waals surface area contributed by atoms with Gasteiger partial charge in [-0.2, -0.15) is 5.10 Å². The Morgan fingerprint density at radius 3 is 2.60 bits per heavy atom. The van der Waals surface area contributed by atoms with Crippen LogP contribution in [0.2, 0.25) is 0 Å². The molecular weight excluding hydrogens is 325 g/mol. The minimum atomic E-state index is -0.595. The number of ether oxygens (including phenoxy) is 1. The quantitative estimate of drug-likeness (QED) is 0.797. The molecule has 1 saturated heterocycles. The molecule has 1 aromatic heterocycles. The van der Waals surface area contributed by atoms with Crippen LogP contribution in [0.3, 0.4) is 0 Å². The van der Waals surface area contributed by atoms with Crippen molar-refractivity contribution in [3.8, 4) is 0 Å². The lowest BCUT2D eigenvalue weighted by Gasteiger charge is -2.17. The second kappa shape index (κ2) is 6.66. The van der Waals surface area contributed by atoms with E-state index in [2.05, 4.69) is 5.10 Å². The number of amides is 1. The molecule has 1 fully saturated rings. The molecule has 0 unspecified atom stereocenters. The number of likely N-dealkylation sites (tertiary alicyclic amines) is 1. The fourth-order valence-corrected chi connectivity index (χ4v) is 3.43. The SMILES string of the molecule is COC(=O)[C@H]1CN(C(=O)c2cn(C)nc2C)C[C@@H]1c1ccccc1F. The molecule has 0 bridgehead atoms. The van der Waals surface area contributed by atoms with E-state index in [1.54, 1.807) is 47.9 Å². The van der Waals surface area contributed by atoms with E-state index in [-0.39, 0.29) is 24.8 Å². The molecule has 0 N–H and O–H groups in total. The Kier molecular flexibility index (Phi) is 4.57. The Bertz CT molecular complexity index is 818. The van der Waals surface area contributed by atoms with Gasteiger partial charge in [-0.1, -0.05) is 18.2 Å². The number of benzene rings is 1. The number of aromatic nitrogens is 2. The number of carbonyl (C=O) groups excluding carboxylic acids is 2. The van der Waals surface area contributed by atoms with Crippen LogP contribution in [0.25, 0.3) is 0 Å². The lowest BCUT2D eigenvalue weighted by Crippen LogP contribution is -2.30. The summed E-state index contributed by atoms with van der Waals surface area (Å²) in [6.07, 6.45) is 1.65. The Labute approximate surface area is 145 Å². The zero-order valence-electron chi connectivity index (χ0n) is 14.4. The maximum atomic E-state index is 14.2. The number of aryl methyl sites for hydroxylation is 2. The van der Waals surface area contributed by atoms with Crippen molar-refractivity contribution in [2.45, 2.75) is 12.8 Å². The second-order valence-electron chi connectivity index (χ2n) is 6.27. The highest BCUT2D eigenvalue weighted by atomic mass is 19.1. The molecule has 2 atom stereocenters. The number of esters is 1. The molecule has 0 spiro atoms. The molecule has 3 rings (SSSR count). The molecule has 7 heteroatoms. The van der Waals surface area contributed by atoms with E-state index in [0.29, 0.717) is 16.8 Å². The van der Waals surface area contributed by atoms with E-state index in [0.717, 1.165) is 0 Å². The van der Waals surface area contributed by atoms with Crippen LogP contribution in [0, 0.1) is 18.7 Å². The molecular formula is C18H20FN3O3. The van der Waals surface area contributed by atoms with Crippen molar-refractivity contribution >= 4 is 11.9 Å². The molecule has 6 nitrogen and oxygen atoms in total. The summed E-state index contributed by atoms with van der Waals surface area (Å²) < 4.78 is 20.7. The molecule has 1 aliphatic rings. The summed E-state index contributed by atoms with van der Waals surface area (Å²) in [7, 11) is 3.05. The summed E-state index contributed by atoms with van der Waals surface area (Å²) in [6, 6.07) is 6.34. The molecule has 0 saturated carbocycles. The van der Waals surface area contributed by atoms with Crippen molar-refractivity contribution in [1.29, 1.82) is 0 Å². The molecule has 1 aliphatic heterocycles. The van der Waals surface area contributed by atoms with Gasteiger partial charge >= 0.3 is 5.97 Å². The van der Waals surface area contributed by atoms with Gasteiger partial charge in [0.15, 0.2) is 0 Å². The van der Waals surface area contributed by atoms with E-state index in [1.807, 2.05) is 0 Å². The van der Waals surface area contributed by atoms with Gasteiger partial charge in [0.1, 0.15) is 5.82 Å². The average Bonchev–Trinajstić information content (AvgIpc) is 3.17. The van der Waals surface area contributed by atoms with E-state index >= 15 is 0 Å². The Hall–Kier alpha value is -2.70. The van der Waals surface area contributed by atoms with Crippen LogP contribution < -0.4 is 0 Å². The smallest absolute Gasteiger partial charge is 0.311 e. The third-order valence-corrected chi connectivity index (χ3v) is 4.66. The predicted molar refractivity (Wildman–Crippen MR) is 88.5 cm³/mol. The van der Waals surface area contributed by atoms with Gasteiger partial charge in [-0.3, -0.25) is 14.3 Å². The van der Waals surface area contributed by atoms with Gasteiger partial charge in [0.2, 0.25) is 0 Å². The molecule has 1 amide bonds. The van der Waals surface area contributed by atoms with Crippen LogP contribution in [0.4, 0.5) is 4.39 Å². The van der Waals surface area contributed by atoms with Gasteiger partial charge < -0.3 is 9.64 Å². The molecule has 2 aromatic rings. The minimum Gasteiger partial charge on any atom is -0.469 e. The first-order chi connectivity index (χ1) is 11.9. The normalized spacial score (nSPS) is 19.9. The number of hydrogen-bond donors (Lipinski definition) is 0. The molecule has 0 radical (unpaired) electrons. The fraction of sp³-hybridized carbons (Fsp3) is 0.389. The number of nitrogens with zero attached hydrogens (tertiary/aromatic N) is 3. The monoisotopic (exact) mass is 345 g/mol. The van der Waals surface area contributed by atoms with E-state index in [9.17, 15) is 14.0 Å². The number of rotatable bonds is 3. The summed E-state index contributed by atoms with van der Waals surface area (Å²) in [5.41, 5.74) is 1.54. The van der Waals surface area contributed by atoms with Crippen LogP contribution in [0.1, 0.15) is 27.5 Å². The van der Waals surface area contributed by atoms with Crippen molar-refractivity contribution in [2.75, 3.05) is 20.2 Å². The van der Waals surface area contributed by atoms with Gasteiger partial charge in [-0.25, -0.2) is 4.39 Å². The lowest BCUT2D eigenvalue weighted by atomic mass is 9.88. The van der Waals surface area contributed by atoms with E-state index in [4.69, 9.17) is 4.74 Å². The standard InChI is InChI=1S/C18H20FN3O3/c1-11-13(8-21(2)20-11)17(23)22-9-14(15(10-22)18(24)25-3)12-6-4-5-7-16(12)19/h4-8,14-15H,9-10H2,1-3H3/t14-,15+/m1/s1. The molecule has 2 heterocycles. The third kappa shape index (κ3) is 3.14. The Morgan fingerprint density at radius 2 is 2.00 bits per heavy atom. The predicted octanol–water partition coefficient (Wildman–Crippen LogP) is 1.90. The van der Waals surface area contributed by atoms with Crippen molar-refractivity contribution in [1.82, 2.24) is 14.7 Å². The first-order valence-corrected chi connectivity index (χ1v) is 8.04. The maximum Gasteiger partial charge on any atom is 0.311 e. The van der Waals surface area contributed by atoms with Crippen LogP contribution in [-0.2, 0) is 16.6 Å². The maximum absolute atomic E-state index is 14.2. The minimum absolute atomic E-state index is 0.193. The summed E-state index contributed by atoms with van der Waals surface area (Å²) >= 11 is 0. The highest BCUT2D eigenvalue weighted by Crippen LogP contribution is 2.35. The van der Waals surface area contributed by atoms with Gasteiger partial charge in [0, 0.05) is 32.3 Å². The van der Waals surface area contributed by atoms with E-state index < -0.39 is 17.8 Å². The number of hydrogen-bond acceptors (Lipinski definition) is 4. The second-order valence-corrected chi connectivity index (χ2v) is 6.27. The van der Waals surface area contributed by atoms with Crippen molar-refractivity contribution in [3.05, 3.63) is 53.1 Å². The topological polar surface area (TPSA) is 64.4 Å². The highest BCUT2D eigenvalue weighted by molar-refractivity contribution is 5.95. The van der Waals surface area contributed by atoms with E-state index in [1.165, 1.54) is 13.2 Å². The fourth-order valence-electron chi connectivity index (χ4n) is 3.43. The zero-order chi connectivity index (χ0) is 18.1. The Morgan fingerprint density at radius 1 is 1.28 bits per heavy atom. The average molecular weight is 345 g/mol. The number of halogens is 1. The number of carbonyl (C=O) groups is 2. The van der Waals surface area contributed by atoms with Crippen LogP contribution >= 0.6 is 0 Å². The van der Waals surface area contributed by atoms with Crippen molar-refractivity contribution in [2.24, 2.45) is 13.0 Å². The largest absolute Gasteiger partial charge is 0.469 e. The van der Waals surface area contributed by atoms with Gasteiger partial charge in [-0.15, -0.1) is 0 Å². The van der Waals surface area contributed by atoms with Gasteiger partial charge in [0.05, 0.1) is 24.3 Å². The number of methoxy groups -OCH3 is 1. The molecule has 1 aromatic carbocycles. The molecule has 132 valence electrons. The summed E-state index contributed by atoms with van der Waals surface area (Å²) in [4.78, 5) is 26.6. The summed E-state index contributed by atoms with van der Waals surface area (Å²) in [6.45, 7) is 2.21. The van der Waals surface area contributed by atoms with Crippen molar-refractivity contribution in [3.63, 3.8) is 0 Å². The van der Waals surface area contributed by atoms with Gasteiger partial charge in [0.25, 0.3) is 5.91 Å². The lowest BCUT2D eigenvalue weighted by molar-refractivity contribution is -0.145. The van der Waals surface area contributed by atoms with Crippen LogP contribution in [0.15, 0.2) is 30.5 Å². The van der Waals surface area contributed by atoms with Gasteiger partial charge in [-0.05, 0) is 18.6 Å².